The first-order chi connectivity index (χ1) is 13.2. The number of aliphatic hydroxyl groups excluding tert-OH is 1. The number of hydrogen-bond acceptors (Lipinski definition) is 3. The van der Waals surface area contributed by atoms with Crippen molar-refractivity contribution in [1.29, 1.82) is 0 Å². The second-order valence-electron chi connectivity index (χ2n) is 6.85. The van der Waals surface area contributed by atoms with Gasteiger partial charge in [0.2, 0.25) is 0 Å². The van der Waals surface area contributed by atoms with Crippen LogP contribution in [0.1, 0.15) is 18.5 Å². The summed E-state index contributed by atoms with van der Waals surface area (Å²) >= 11 is 0. The Morgan fingerprint density at radius 2 is 1.67 bits per heavy atom. The molecule has 0 aliphatic heterocycles. The summed E-state index contributed by atoms with van der Waals surface area (Å²) in [7, 11) is 0. The van der Waals surface area contributed by atoms with Gasteiger partial charge in [-0.05, 0) is 30.7 Å². The average molecular weight is 360 g/mol. The lowest BCUT2D eigenvalue weighted by molar-refractivity contribution is 0.105. The lowest BCUT2D eigenvalue weighted by atomic mass is 10.1. The minimum atomic E-state index is -0.586. The number of hydrogen-bond donors (Lipinski definition) is 3. The molecule has 0 amide bonds. The third-order valence-corrected chi connectivity index (χ3v) is 4.88. The van der Waals surface area contributed by atoms with Crippen molar-refractivity contribution in [1.82, 2.24) is 10.3 Å². The molecule has 0 aliphatic carbocycles. The van der Waals surface area contributed by atoms with E-state index in [1.165, 1.54) is 5.56 Å². The number of H-pyrrole nitrogens is 1. The first-order valence-electron chi connectivity index (χ1n) is 9.31. The molecule has 138 valence electrons. The van der Waals surface area contributed by atoms with Gasteiger partial charge in [0.25, 0.3) is 0 Å². The fourth-order valence-electron chi connectivity index (χ4n) is 3.41. The summed E-state index contributed by atoms with van der Waals surface area (Å²) in [5, 5.41) is 15.9. The largest absolute Gasteiger partial charge is 0.490 e. The molecule has 0 aliphatic rings. The molecule has 1 aromatic heterocycles. The first-order valence-corrected chi connectivity index (χ1v) is 9.31. The molecule has 0 radical (unpaired) electrons. The van der Waals surface area contributed by atoms with Crippen LogP contribution in [0.4, 0.5) is 0 Å². The topological polar surface area (TPSA) is 57.3 Å². The molecule has 4 aromatic rings. The Kier molecular flexibility index (Phi) is 5.10. The molecule has 0 saturated carbocycles. The lowest BCUT2D eigenvalue weighted by Gasteiger charge is -2.18. The van der Waals surface area contributed by atoms with Crippen LogP contribution >= 0.6 is 0 Å². The highest BCUT2D eigenvalue weighted by Gasteiger charge is 2.12. The van der Waals surface area contributed by atoms with Crippen molar-refractivity contribution >= 4 is 21.8 Å². The monoisotopic (exact) mass is 360 g/mol. The molecule has 0 spiro atoms. The van der Waals surface area contributed by atoms with Gasteiger partial charge in [0, 0.05) is 28.9 Å². The average Bonchev–Trinajstić information content (AvgIpc) is 3.10. The summed E-state index contributed by atoms with van der Waals surface area (Å²) in [6, 6.07) is 24.5. The normalized spacial score (nSPS) is 13.7. The van der Waals surface area contributed by atoms with Crippen LogP contribution in [-0.2, 0) is 0 Å². The van der Waals surface area contributed by atoms with Gasteiger partial charge in [-0.2, -0.15) is 0 Å². The highest BCUT2D eigenvalue weighted by molar-refractivity contribution is 6.10. The number of aromatic nitrogens is 1. The Morgan fingerprint density at radius 3 is 2.52 bits per heavy atom. The zero-order valence-electron chi connectivity index (χ0n) is 15.4. The highest BCUT2D eigenvalue weighted by Crippen LogP contribution is 2.32. The van der Waals surface area contributed by atoms with E-state index in [0.717, 1.165) is 27.6 Å². The molecule has 4 rings (SSSR count). The molecular formula is C23H24N2O2. The van der Waals surface area contributed by atoms with Crippen molar-refractivity contribution in [2.24, 2.45) is 0 Å². The van der Waals surface area contributed by atoms with Gasteiger partial charge in [-0.3, -0.25) is 0 Å². The summed E-state index contributed by atoms with van der Waals surface area (Å²) in [5.41, 5.74) is 3.33. The van der Waals surface area contributed by atoms with Crippen molar-refractivity contribution in [2.45, 2.75) is 19.1 Å². The van der Waals surface area contributed by atoms with Crippen molar-refractivity contribution in [3.05, 3.63) is 78.4 Å². The van der Waals surface area contributed by atoms with E-state index >= 15 is 0 Å². The summed E-state index contributed by atoms with van der Waals surface area (Å²) in [6.45, 7) is 2.81. The van der Waals surface area contributed by atoms with Gasteiger partial charge in [-0.15, -0.1) is 0 Å². The molecule has 0 fully saturated rings. The molecule has 4 nitrogen and oxygen atoms in total. The number of aliphatic hydroxyl groups is 1. The smallest absolute Gasteiger partial charge is 0.129 e. The number of nitrogens with one attached hydrogen (secondary N) is 2. The maximum atomic E-state index is 10.3. The van der Waals surface area contributed by atoms with E-state index in [1.807, 2.05) is 48.5 Å². The fraction of sp³-hybridized carbons (Fsp3) is 0.217. The SMILES string of the molecule is C[C@@H](NCC(O)COc1cccc2[nH]c3ccccc3c12)c1ccccc1. The molecular weight excluding hydrogens is 336 g/mol. The van der Waals surface area contributed by atoms with E-state index in [2.05, 4.69) is 41.5 Å². The van der Waals surface area contributed by atoms with Crippen molar-refractivity contribution < 1.29 is 9.84 Å². The number of ether oxygens (including phenoxy) is 1. The Balaban J connectivity index is 1.41. The Morgan fingerprint density at radius 1 is 0.926 bits per heavy atom. The zero-order valence-corrected chi connectivity index (χ0v) is 15.4. The van der Waals surface area contributed by atoms with Crippen LogP contribution < -0.4 is 10.1 Å². The van der Waals surface area contributed by atoms with Crippen LogP contribution in [0.15, 0.2) is 72.8 Å². The minimum absolute atomic E-state index is 0.179. The Labute approximate surface area is 158 Å². The van der Waals surface area contributed by atoms with E-state index in [4.69, 9.17) is 4.74 Å². The molecule has 1 heterocycles. The van der Waals surface area contributed by atoms with Crippen LogP contribution in [-0.4, -0.2) is 29.3 Å². The number of aromatic amines is 1. The van der Waals surface area contributed by atoms with Crippen molar-refractivity contribution in [3.8, 4) is 5.75 Å². The summed E-state index contributed by atoms with van der Waals surface area (Å²) in [5.74, 6) is 0.792. The zero-order chi connectivity index (χ0) is 18.6. The third-order valence-electron chi connectivity index (χ3n) is 4.88. The molecule has 27 heavy (non-hydrogen) atoms. The third kappa shape index (κ3) is 3.82. The molecule has 0 saturated heterocycles. The van der Waals surface area contributed by atoms with Gasteiger partial charge in [0.05, 0.1) is 5.52 Å². The Bertz CT molecular complexity index is 1030. The van der Waals surface area contributed by atoms with Gasteiger partial charge >= 0.3 is 0 Å². The van der Waals surface area contributed by atoms with Gasteiger partial charge in [0.15, 0.2) is 0 Å². The molecule has 3 aromatic carbocycles. The molecule has 1 unspecified atom stereocenters. The second kappa shape index (κ2) is 7.82. The molecule has 0 bridgehead atoms. The van der Waals surface area contributed by atoms with Gasteiger partial charge in [-0.1, -0.05) is 54.6 Å². The maximum absolute atomic E-state index is 10.3. The number of benzene rings is 3. The first kappa shape index (κ1) is 17.6. The molecule has 3 N–H and O–H groups in total. The van der Waals surface area contributed by atoms with Gasteiger partial charge in [0.1, 0.15) is 18.5 Å². The van der Waals surface area contributed by atoms with Gasteiger partial charge in [-0.25, -0.2) is 0 Å². The predicted molar refractivity (Wildman–Crippen MR) is 110 cm³/mol. The molecule has 4 heteroatoms. The standard InChI is InChI=1S/C23H24N2O2/c1-16(17-8-3-2-4-9-17)24-14-18(26)15-27-22-13-7-12-21-23(22)19-10-5-6-11-20(19)25-21/h2-13,16,18,24-26H,14-15H2,1H3/t16-,18?/m1/s1. The summed E-state index contributed by atoms with van der Waals surface area (Å²) in [4.78, 5) is 3.41. The van der Waals surface area contributed by atoms with E-state index in [1.54, 1.807) is 0 Å². The van der Waals surface area contributed by atoms with Crippen LogP contribution in [0.3, 0.4) is 0 Å². The van der Waals surface area contributed by atoms with Crippen molar-refractivity contribution in [2.75, 3.05) is 13.2 Å². The van der Waals surface area contributed by atoms with E-state index < -0.39 is 6.10 Å². The van der Waals surface area contributed by atoms with Crippen molar-refractivity contribution in [3.63, 3.8) is 0 Å². The van der Waals surface area contributed by atoms with E-state index in [-0.39, 0.29) is 12.6 Å². The van der Waals surface area contributed by atoms with Crippen LogP contribution in [0.5, 0.6) is 5.75 Å². The Hall–Kier alpha value is -2.82. The maximum Gasteiger partial charge on any atom is 0.129 e. The number of para-hydroxylation sites is 1. The second-order valence-corrected chi connectivity index (χ2v) is 6.85. The summed E-state index contributed by atoms with van der Waals surface area (Å²) < 4.78 is 5.98. The minimum Gasteiger partial charge on any atom is -0.490 e. The lowest BCUT2D eigenvalue weighted by Crippen LogP contribution is -2.33. The fourth-order valence-corrected chi connectivity index (χ4v) is 3.41. The summed E-state index contributed by atoms with van der Waals surface area (Å²) in [6.07, 6.45) is -0.586. The number of fused-ring (bicyclic) bond motifs is 3. The van der Waals surface area contributed by atoms with Crippen LogP contribution in [0, 0.1) is 0 Å². The van der Waals surface area contributed by atoms with E-state index in [0.29, 0.717) is 6.54 Å². The molecule has 2 atom stereocenters. The van der Waals surface area contributed by atoms with Gasteiger partial charge < -0.3 is 20.1 Å². The van der Waals surface area contributed by atoms with E-state index in [9.17, 15) is 5.11 Å². The van der Waals surface area contributed by atoms with Crippen LogP contribution in [0.2, 0.25) is 0 Å². The van der Waals surface area contributed by atoms with Crippen LogP contribution in [0.25, 0.3) is 21.8 Å². The number of rotatable bonds is 7. The quantitative estimate of drug-likeness (QED) is 0.457. The highest BCUT2D eigenvalue weighted by atomic mass is 16.5. The predicted octanol–water partition coefficient (Wildman–Crippen LogP) is 4.41.